The van der Waals surface area contributed by atoms with Crippen molar-refractivity contribution < 1.29 is 0 Å². The lowest BCUT2D eigenvalue weighted by Gasteiger charge is -2.09. The fourth-order valence-corrected chi connectivity index (χ4v) is 3.18. The van der Waals surface area contributed by atoms with Crippen molar-refractivity contribution in [2.45, 2.75) is 0 Å². The van der Waals surface area contributed by atoms with Gasteiger partial charge in [0.05, 0.1) is 5.69 Å². The van der Waals surface area contributed by atoms with Gasteiger partial charge in [-0.1, -0.05) is 30.3 Å². The number of fused-ring (bicyclic) bond motifs is 1. The van der Waals surface area contributed by atoms with E-state index in [1.807, 2.05) is 42.5 Å². The molecule has 0 aliphatic rings. The standard InChI is InChI=1S/C19H17N5O2/c1-22-15-17(23(2)19(26)24(3)18(15)25)21-16(22)13-9-5-4-8-12(13)14-10-6-7-11-20-14/h4-11H,1-3H3. The van der Waals surface area contributed by atoms with Crippen LogP contribution in [0.25, 0.3) is 33.8 Å². The lowest BCUT2D eigenvalue weighted by Crippen LogP contribution is -2.37. The zero-order valence-electron chi connectivity index (χ0n) is 14.7. The van der Waals surface area contributed by atoms with Crippen LogP contribution in [0, 0.1) is 0 Å². The summed E-state index contributed by atoms with van der Waals surface area (Å²) in [5, 5.41) is 0. The van der Waals surface area contributed by atoms with Crippen LogP contribution in [0.3, 0.4) is 0 Å². The summed E-state index contributed by atoms with van der Waals surface area (Å²) in [5.74, 6) is 0.611. The topological polar surface area (TPSA) is 74.7 Å². The summed E-state index contributed by atoms with van der Waals surface area (Å²) in [6.07, 6.45) is 1.74. The van der Waals surface area contributed by atoms with Crippen LogP contribution < -0.4 is 11.2 Å². The van der Waals surface area contributed by atoms with E-state index in [4.69, 9.17) is 0 Å². The molecule has 3 heterocycles. The fourth-order valence-electron chi connectivity index (χ4n) is 3.18. The first-order valence-electron chi connectivity index (χ1n) is 8.14. The number of nitrogens with zero attached hydrogens (tertiary/aromatic N) is 5. The van der Waals surface area contributed by atoms with Crippen LogP contribution in [0.1, 0.15) is 0 Å². The normalized spacial score (nSPS) is 11.2. The number of imidazole rings is 1. The number of hydrogen-bond acceptors (Lipinski definition) is 4. The highest BCUT2D eigenvalue weighted by molar-refractivity contribution is 5.84. The molecule has 7 heteroatoms. The van der Waals surface area contributed by atoms with Gasteiger partial charge in [-0.05, 0) is 12.1 Å². The minimum atomic E-state index is -0.398. The minimum absolute atomic E-state index is 0.361. The van der Waals surface area contributed by atoms with Crippen LogP contribution in [0.4, 0.5) is 0 Å². The SMILES string of the molecule is Cn1c(=O)c2c(nc(-c3ccccc3-c3ccccn3)n2C)n(C)c1=O. The molecule has 0 aliphatic carbocycles. The molecule has 0 unspecified atom stereocenters. The van der Waals surface area contributed by atoms with Crippen molar-refractivity contribution in [3.8, 4) is 22.6 Å². The van der Waals surface area contributed by atoms with Gasteiger partial charge in [0.25, 0.3) is 5.56 Å². The number of aryl methyl sites for hydroxylation is 2. The van der Waals surface area contributed by atoms with Crippen molar-refractivity contribution in [2.75, 3.05) is 0 Å². The van der Waals surface area contributed by atoms with E-state index >= 15 is 0 Å². The van der Waals surface area contributed by atoms with Crippen LogP contribution in [0.5, 0.6) is 0 Å². The van der Waals surface area contributed by atoms with Gasteiger partial charge in [-0.15, -0.1) is 0 Å². The van der Waals surface area contributed by atoms with Crippen molar-refractivity contribution in [2.24, 2.45) is 21.1 Å². The summed E-state index contributed by atoms with van der Waals surface area (Å²) >= 11 is 0. The molecule has 1 aromatic carbocycles. The van der Waals surface area contributed by atoms with Crippen LogP contribution in [0.15, 0.2) is 58.3 Å². The molecule has 7 nitrogen and oxygen atoms in total. The van der Waals surface area contributed by atoms with E-state index in [0.717, 1.165) is 21.4 Å². The fraction of sp³-hybridized carbons (Fsp3) is 0.158. The second-order valence-corrected chi connectivity index (χ2v) is 6.13. The number of rotatable bonds is 2. The Morgan fingerprint density at radius 2 is 1.50 bits per heavy atom. The monoisotopic (exact) mass is 347 g/mol. The molecule has 0 bridgehead atoms. The molecular weight excluding hydrogens is 330 g/mol. The van der Waals surface area contributed by atoms with Gasteiger partial charge in [0.15, 0.2) is 11.2 Å². The lowest BCUT2D eigenvalue weighted by atomic mass is 10.0. The first kappa shape index (κ1) is 16.0. The Morgan fingerprint density at radius 3 is 2.19 bits per heavy atom. The Balaban J connectivity index is 2.08. The summed E-state index contributed by atoms with van der Waals surface area (Å²) in [7, 11) is 4.87. The van der Waals surface area contributed by atoms with E-state index in [9.17, 15) is 9.59 Å². The van der Waals surface area contributed by atoms with Gasteiger partial charge in [0.1, 0.15) is 5.82 Å². The third-order valence-electron chi connectivity index (χ3n) is 4.58. The number of pyridine rings is 1. The van der Waals surface area contributed by atoms with E-state index in [1.165, 1.54) is 11.6 Å². The van der Waals surface area contributed by atoms with Gasteiger partial charge in [-0.25, -0.2) is 9.78 Å². The molecule has 0 radical (unpaired) electrons. The van der Waals surface area contributed by atoms with Crippen molar-refractivity contribution >= 4 is 11.2 Å². The molecule has 4 rings (SSSR count). The molecule has 0 spiro atoms. The average Bonchev–Trinajstić information content (AvgIpc) is 3.02. The molecule has 0 saturated carbocycles. The zero-order chi connectivity index (χ0) is 18.4. The first-order chi connectivity index (χ1) is 12.5. The van der Waals surface area contributed by atoms with E-state index in [1.54, 1.807) is 24.9 Å². The molecule has 0 fully saturated rings. The summed E-state index contributed by atoms with van der Waals surface area (Å²) in [6, 6.07) is 13.5. The molecule has 3 aromatic heterocycles. The Labute approximate surface area is 148 Å². The summed E-state index contributed by atoms with van der Waals surface area (Å²) < 4.78 is 4.22. The maximum atomic E-state index is 12.6. The van der Waals surface area contributed by atoms with Gasteiger partial charge in [0, 0.05) is 38.5 Å². The maximum absolute atomic E-state index is 12.6. The summed E-state index contributed by atoms with van der Waals surface area (Å²) in [6.45, 7) is 0. The van der Waals surface area contributed by atoms with Gasteiger partial charge in [-0.2, -0.15) is 0 Å². The molecular formula is C19H17N5O2. The first-order valence-corrected chi connectivity index (χ1v) is 8.14. The predicted molar refractivity (Wildman–Crippen MR) is 99.9 cm³/mol. The largest absolute Gasteiger partial charge is 0.332 e. The predicted octanol–water partition coefficient (Wildman–Crippen LogP) is 1.70. The van der Waals surface area contributed by atoms with E-state index in [-0.39, 0.29) is 5.56 Å². The summed E-state index contributed by atoms with van der Waals surface area (Å²) in [5.41, 5.74) is 2.57. The number of hydrogen-bond donors (Lipinski definition) is 0. The van der Waals surface area contributed by atoms with Crippen molar-refractivity contribution in [3.63, 3.8) is 0 Å². The van der Waals surface area contributed by atoms with Gasteiger partial charge >= 0.3 is 5.69 Å². The van der Waals surface area contributed by atoms with Crippen LogP contribution in [-0.4, -0.2) is 23.7 Å². The third-order valence-corrected chi connectivity index (χ3v) is 4.58. The Morgan fingerprint density at radius 1 is 0.808 bits per heavy atom. The van der Waals surface area contributed by atoms with Crippen LogP contribution in [-0.2, 0) is 21.1 Å². The Hall–Kier alpha value is -3.48. The Kier molecular flexibility index (Phi) is 3.57. The summed E-state index contributed by atoms with van der Waals surface area (Å²) in [4.78, 5) is 33.9. The molecule has 130 valence electrons. The smallest absolute Gasteiger partial charge is 0.321 e. The zero-order valence-corrected chi connectivity index (χ0v) is 14.7. The molecule has 0 aliphatic heterocycles. The van der Waals surface area contributed by atoms with Crippen LogP contribution >= 0.6 is 0 Å². The number of aromatic nitrogens is 5. The quantitative estimate of drug-likeness (QED) is 0.553. The van der Waals surface area contributed by atoms with Gasteiger partial charge in [-0.3, -0.25) is 18.9 Å². The van der Waals surface area contributed by atoms with Crippen molar-refractivity contribution in [1.82, 2.24) is 23.7 Å². The molecule has 0 amide bonds. The maximum Gasteiger partial charge on any atom is 0.332 e. The number of benzene rings is 1. The Bertz CT molecular complexity index is 1250. The minimum Gasteiger partial charge on any atom is -0.321 e. The second-order valence-electron chi connectivity index (χ2n) is 6.13. The van der Waals surface area contributed by atoms with Crippen LogP contribution in [0.2, 0.25) is 0 Å². The van der Waals surface area contributed by atoms with Gasteiger partial charge < -0.3 is 4.57 Å². The molecule has 26 heavy (non-hydrogen) atoms. The van der Waals surface area contributed by atoms with E-state index < -0.39 is 5.69 Å². The lowest BCUT2D eigenvalue weighted by molar-refractivity contribution is 0.705. The van der Waals surface area contributed by atoms with Crippen molar-refractivity contribution in [3.05, 3.63) is 69.5 Å². The van der Waals surface area contributed by atoms with E-state index in [2.05, 4.69) is 9.97 Å². The molecule has 0 atom stereocenters. The van der Waals surface area contributed by atoms with Crippen molar-refractivity contribution in [1.29, 1.82) is 0 Å². The highest BCUT2D eigenvalue weighted by Gasteiger charge is 2.20. The highest BCUT2D eigenvalue weighted by Crippen LogP contribution is 2.30. The highest BCUT2D eigenvalue weighted by atomic mass is 16.2. The molecule has 0 N–H and O–H groups in total. The van der Waals surface area contributed by atoms with Gasteiger partial charge in [0.2, 0.25) is 0 Å². The second kappa shape index (κ2) is 5.80. The average molecular weight is 347 g/mol. The molecule has 0 saturated heterocycles. The molecule has 4 aromatic rings. The van der Waals surface area contributed by atoms with E-state index in [0.29, 0.717) is 17.0 Å². The third kappa shape index (κ3) is 2.21.